The van der Waals surface area contributed by atoms with Gasteiger partial charge in [0.05, 0.1) is 7.11 Å². The summed E-state index contributed by atoms with van der Waals surface area (Å²) in [7, 11) is 1.72. The highest BCUT2D eigenvalue weighted by Crippen LogP contribution is 2.30. The van der Waals surface area contributed by atoms with E-state index in [-0.39, 0.29) is 0 Å². The van der Waals surface area contributed by atoms with Crippen molar-refractivity contribution >= 4 is 0 Å². The summed E-state index contributed by atoms with van der Waals surface area (Å²) in [5.41, 5.74) is 6.28. The van der Waals surface area contributed by atoms with Gasteiger partial charge in [-0.3, -0.25) is 0 Å². The van der Waals surface area contributed by atoms with Crippen molar-refractivity contribution in [1.29, 1.82) is 0 Å². The summed E-state index contributed by atoms with van der Waals surface area (Å²) in [5.74, 6) is 0.954. The van der Waals surface area contributed by atoms with Gasteiger partial charge in [0, 0.05) is 6.54 Å². The van der Waals surface area contributed by atoms with Crippen molar-refractivity contribution in [2.75, 3.05) is 13.7 Å². The summed E-state index contributed by atoms with van der Waals surface area (Å²) < 4.78 is 5.38. The molecule has 2 aromatic carbocycles. The Labute approximate surface area is 121 Å². The van der Waals surface area contributed by atoms with E-state index in [0.717, 1.165) is 18.8 Å². The lowest BCUT2D eigenvalue weighted by Crippen LogP contribution is -2.11. The molecule has 0 saturated carbocycles. The Bertz CT molecular complexity index is 590. The third-order valence-corrected chi connectivity index (χ3v) is 3.56. The molecule has 0 radical (unpaired) electrons. The Morgan fingerprint density at radius 2 is 1.85 bits per heavy atom. The lowest BCUT2D eigenvalue weighted by molar-refractivity contribution is 0.411. The summed E-state index contributed by atoms with van der Waals surface area (Å²) in [4.78, 5) is 0. The minimum Gasteiger partial charge on any atom is -0.496 e. The fourth-order valence-electron chi connectivity index (χ4n) is 2.44. The van der Waals surface area contributed by atoms with E-state index < -0.39 is 0 Å². The third kappa shape index (κ3) is 3.20. The van der Waals surface area contributed by atoms with Gasteiger partial charge < -0.3 is 10.1 Å². The average Bonchev–Trinajstić information content (AvgIpc) is 2.47. The third-order valence-electron chi connectivity index (χ3n) is 3.56. The highest BCUT2D eigenvalue weighted by Gasteiger charge is 2.07. The summed E-state index contributed by atoms with van der Waals surface area (Å²) in [6, 6.07) is 13.0. The molecule has 2 heteroatoms. The second-order valence-electron chi connectivity index (χ2n) is 5.12. The summed E-state index contributed by atoms with van der Waals surface area (Å²) >= 11 is 0. The van der Waals surface area contributed by atoms with Crippen LogP contribution in [0, 0.1) is 13.8 Å². The van der Waals surface area contributed by atoms with Crippen molar-refractivity contribution in [1.82, 2.24) is 5.32 Å². The second kappa shape index (κ2) is 6.58. The van der Waals surface area contributed by atoms with Crippen molar-refractivity contribution in [2.24, 2.45) is 0 Å². The van der Waals surface area contributed by atoms with Gasteiger partial charge in [0.15, 0.2) is 0 Å². The first-order chi connectivity index (χ1) is 9.65. The van der Waals surface area contributed by atoms with Gasteiger partial charge in [0.1, 0.15) is 5.75 Å². The summed E-state index contributed by atoms with van der Waals surface area (Å²) in [6.07, 6.45) is 0. The molecule has 1 N–H and O–H groups in total. The van der Waals surface area contributed by atoms with E-state index in [2.05, 4.69) is 62.5 Å². The fourth-order valence-corrected chi connectivity index (χ4v) is 2.44. The molecule has 106 valence electrons. The molecule has 0 atom stereocenters. The zero-order valence-electron chi connectivity index (χ0n) is 12.8. The molecule has 2 aromatic rings. The number of ether oxygens (including phenoxy) is 1. The number of rotatable bonds is 5. The topological polar surface area (TPSA) is 21.3 Å². The van der Waals surface area contributed by atoms with Crippen LogP contribution in [0.15, 0.2) is 36.4 Å². The molecule has 0 unspecified atom stereocenters. The first-order valence-electron chi connectivity index (χ1n) is 7.11. The smallest absolute Gasteiger partial charge is 0.122 e. The number of hydrogen-bond acceptors (Lipinski definition) is 2. The fraction of sp³-hybridized carbons (Fsp3) is 0.333. The maximum atomic E-state index is 5.38. The monoisotopic (exact) mass is 269 g/mol. The maximum Gasteiger partial charge on any atom is 0.122 e. The first kappa shape index (κ1) is 14.6. The number of methoxy groups -OCH3 is 1. The van der Waals surface area contributed by atoms with E-state index >= 15 is 0 Å². The van der Waals surface area contributed by atoms with Crippen molar-refractivity contribution < 1.29 is 4.74 Å². The molecule has 0 bridgehead atoms. The van der Waals surface area contributed by atoms with Gasteiger partial charge in [-0.15, -0.1) is 0 Å². The minimum atomic E-state index is 0.915. The summed E-state index contributed by atoms with van der Waals surface area (Å²) in [6.45, 7) is 8.25. The van der Waals surface area contributed by atoms with Crippen LogP contribution in [-0.2, 0) is 6.54 Å². The van der Waals surface area contributed by atoms with Crippen LogP contribution in [0.4, 0.5) is 0 Å². The van der Waals surface area contributed by atoms with Crippen molar-refractivity contribution in [2.45, 2.75) is 27.3 Å². The Balaban J connectivity index is 2.38. The molecule has 2 nitrogen and oxygen atoms in total. The maximum absolute atomic E-state index is 5.38. The summed E-state index contributed by atoms with van der Waals surface area (Å²) in [5, 5.41) is 3.37. The molecule has 0 aliphatic rings. The molecule has 0 saturated heterocycles. The zero-order valence-corrected chi connectivity index (χ0v) is 12.8. The van der Waals surface area contributed by atoms with E-state index in [9.17, 15) is 0 Å². The van der Waals surface area contributed by atoms with Crippen molar-refractivity contribution in [3.63, 3.8) is 0 Å². The molecular formula is C18H23NO. The first-order valence-corrected chi connectivity index (χ1v) is 7.11. The number of nitrogens with one attached hydrogen (secondary N) is 1. The standard InChI is InChI=1S/C18H23NO/c1-5-19-12-15-7-6-8-16(11-15)17-9-14(3)18(20-4)10-13(17)2/h6-11,19H,5,12H2,1-4H3. The van der Waals surface area contributed by atoms with E-state index in [1.165, 1.54) is 27.8 Å². The van der Waals surface area contributed by atoms with E-state index in [1.807, 2.05) is 0 Å². The van der Waals surface area contributed by atoms with Gasteiger partial charge in [-0.25, -0.2) is 0 Å². The van der Waals surface area contributed by atoms with Gasteiger partial charge in [0.2, 0.25) is 0 Å². The highest BCUT2D eigenvalue weighted by molar-refractivity contribution is 5.70. The van der Waals surface area contributed by atoms with Crippen molar-refractivity contribution in [3.8, 4) is 16.9 Å². The molecule has 2 rings (SSSR count). The Morgan fingerprint density at radius 1 is 1.05 bits per heavy atom. The zero-order chi connectivity index (χ0) is 14.5. The molecule has 0 spiro atoms. The molecule has 0 amide bonds. The molecule has 0 heterocycles. The van der Waals surface area contributed by atoms with E-state index in [0.29, 0.717) is 0 Å². The molecule has 0 aliphatic heterocycles. The van der Waals surface area contributed by atoms with E-state index in [1.54, 1.807) is 7.11 Å². The minimum absolute atomic E-state index is 0.915. The van der Waals surface area contributed by atoms with Gasteiger partial charge in [-0.2, -0.15) is 0 Å². The van der Waals surface area contributed by atoms with E-state index in [4.69, 9.17) is 4.74 Å². The van der Waals surface area contributed by atoms with Gasteiger partial charge >= 0.3 is 0 Å². The Hall–Kier alpha value is -1.80. The van der Waals surface area contributed by atoms with Gasteiger partial charge in [-0.1, -0.05) is 25.1 Å². The number of aryl methyl sites for hydroxylation is 2. The average molecular weight is 269 g/mol. The number of hydrogen-bond donors (Lipinski definition) is 1. The Morgan fingerprint density at radius 3 is 2.55 bits per heavy atom. The van der Waals surface area contributed by atoms with Crippen LogP contribution in [0.1, 0.15) is 23.6 Å². The van der Waals surface area contributed by atoms with Crippen molar-refractivity contribution in [3.05, 3.63) is 53.1 Å². The van der Waals surface area contributed by atoms with Crippen LogP contribution in [-0.4, -0.2) is 13.7 Å². The van der Waals surface area contributed by atoms with Crippen LogP contribution in [0.5, 0.6) is 5.75 Å². The molecule has 20 heavy (non-hydrogen) atoms. The normalized spacial score (nSPS) is 10.6. The lowest BCUT2D eigenvalue weighted by Gasteiger charge is -2.12. The lowest BCUT2D eigenvalue weighted by atomic mass is 9.96. The number of benzene rings is 2. The Kier molecular flexibility index (Phi) is 4.80. The largest absolute Gasteiger partial charge is 0.496 e. The van der Waals surface area contributed by atoms with Crippen LogP contribution >= 0.6 is 0 Å². The highest BCUT2D eigenvalue weighted by atomic mass is 16.5. The van der Waals surface area contributed by atoms with Crippen LogP contribution in [0.25, 0.3) is 11.1 Å². The predicted molar refractivity (Wildman–Crippen MR) is 85.3 cm³/mol. The molecule has 0 aromatic heterocycles. The van der Waals surface area contributed by atoms with Crippen LogP contribution in [0.2, 0.25) is 0 Å². The van der Waals surface area contributed by atoms with Gasteiger partial charge in [-0.05, 0) is 66.4 Å². The van der Waals surface area contributed by atoms with Gasteiger partial charge in [0.25, 0.3) is 0 Å². The molecule has 0 fully saturated rings. The predicted octanol–water partition coefficient (Wildman–Crippen LogP) is 4.09. The van der Waals surface area contributed by atoms with Crippen LogP contribution < -0.4 is 10.1 Å². The molecular weight excluding hydrogens is 246 g/mol. The van der Waals surface area contributed by atoms with Crippen LogP contribution in [0.3, 0.4) is 0 Å². The quantitative estimate of drug-likeness (QED) is 0.882. The SMILES string of the molecule is CCNCc1cccc(-c2cc(C)c(OC)cc2C)c1. The second-order valence-corrected chi connectivity index (χ2v) is 5.12. The molecule has 0 aliphatic carbocycles.